The smallest absolute Gasteiger partial charge is 0.312 e. The van der Waals surface area contributed by atoms with Crippen molar-refractivity contribution in [1.82, 2.24) is 0 Å². The highest BCUT2D eigenvalue weighted by molar-refractivity contribution is 6.42. The molecule has 0 N–H and O–H groups in total. The van der Waals surface area contributed by atoms with Crippen molar-refractivity contribution in [3.05, 3.63) is 32.3 Å². The summed E-state index contributed by atoms with van der Waals surface area (Å²) in [5.74, 6) is -0.483. The van der Waals surface area contributed by atoms with E-state index in [1.807, 2.05) is 0 Å². The van der Waals surface area contributed by atoms with Crippen LogP contribution in [0.5, 0.6) is 5.75 Å². The first-order chi connectivity index (χ1) is 8.41. The maximum Gasteiger partial charge on any atom is 0.312 e. The number of ether oxygens (including phenoxy) is 2. The lowest BCUT2D eigenvalue weighted by Crippen LogP contribution is -2.10. The van der Waals surface area contributed by atoms with Crippen molar-refractivity contribution in [3.8, 4) is 5.75 Å². The third-order valence-corrected chi connectivity index (χ3v) is 2.57. The first kappa shape index (κ1) is 14.5. The normalized spacial score (nSPS) is 9.94. The summed E-state index contributed by atoms with van der Waals surface area (Å²) < 4.78 is 9.75. The van der Waals surface area contributed by atoms with E-state index in [1.165, 1.54) is 13.0 Å². The second kappa shape index (κ2) is 6.42. The maximum atomic E-state index is 10.8. The lowest BCUT2D eigenvalue weighted by Gasteiger charge is -2.07. The topological polar surface area (TPSA) is 78.7 Å². The molecular formula is C10H9Cl2NO5. The quantitative estimate of drug-likeness (QED) is 0.361. The van der Waals surface area contributed by atoms with Crippen LogP contribution < -0.4 is 4.74 Å². The Morgan fingerprint density at radius 2 is 1.94 bits per heavy atom. The molecule has 0 heterocycles. The highest BCUT2D eigenvalue weighted by Gasteiger charge is 2.18. The summed E-state index contributed by atoms with van der Waals surface area (Å²) in [5.41, 5.74) is -0.299. The molecule has 98 valence electrons. The lowest BCUT2D eigenvalue weighted by molar-refractivity contribution is -0.385. The van der Waals surface area contributed by atoms with E-state index < -0.39 is 10.9 Å². The Morgan fingerprint density at radius 3 is 2.50 bits per heavy atom. The molecular weight excluding hydrogens is 285 g/mol. The van der Waals surface area contributed by atoms with E-state index >= 15 is 0 Å². The van der Waals surface area contributed by atoms with Crippen molar-refractivity contribution in [3.63, 3.8) is 0 Å². The number of nitro benzene ring substituents is 1. The molecule has 0 unspecified atom stereocenters. The Labute approximate surface area is 113 Å². The molecule has 6 nitrogen and oxygen atoms in total. The average Bonchev–Trinajstić information content (AvgIpc) is 2.28. The first-order valence-electron chi connectivity index (χ1n) is 4.81. The summed E-state index contributed by atoms with van der Waals surface area (Å²) >= 11 is 11.4. The van der Waals surface area contributed by atoms with Crippen LogP contribution in [-0.4, -0.2) is 24.1 Å². The molecule has 0 fully saturated rings. The molecule has 0 aliphatic heterocycles. The van der Waals surface area contributed by atoms with E-state index in [4.69, 9.17) is 27.9 Å². The van der Waals surface area contributed by atoms with E-state index in [1.54, 1.807) is 0 Å². The standard InChI is InChI=1S/C10H9Cl2NO5/c1-6(14)17-2-3-18-10-5-8(12)7(11)4-9(10)13(15)16/h4-5H,2-3H2,1H3. The molecule has 0 saturated heterocycles. The predicted octanol–water partition coefficient (Wildman–Crippen LogP) is 2.84. The third kappa shape index (κ3) is 4.05. The van der Waals surface area contributed by atoms with E-state index in [2.05, 4.69) is 4.74 Å². The molecule has 0 aliphatic carbocycles. The SMILES string of the molecule is CC(=O)OCCOc1cc(Cl)c(Cl)cc1[N+](=O)[O-]. The molecule has 1 aromatic carbocycles. The number of nitro groups is 1. The molecule has 18 heavy (non-hydrogen) atoms. The molecule has 0 bridgehead atoms. The monoisotopic (exact) mass is 293 g/mol. The number of carbonyl (C=O) groups is 1. The molecule has 0 atom stereocenters. The molecule has 0 aromatic heterocycles. The fraction of sp³-hybridized carbons (Fsp3) is 0.300. The molecule has 0 radical (unpaired) electrons. The van der Waals surface area contributed by atoms with Crippen molar-refractivity contribution < 1.29 is 19.2 Å². The summed E-state index contributed by atoms with van der Waals surface area (Å²) in [6.07, 6.45) is 0. The minimum Gasteiger partial charge on any atom is -0.483 e. The Kier molecular flexibility index (Phi) is 5.18. The zero-order valence-corrected chi connectivity index (χ0v) is 10.8. The number of rotatable bonds is 5. The molecule has 8 heteroatoms. The number of nitrogens with zero attached hydrogens (tertiary/aromatic N) is 1. The van der Waals surface area contributed by atoms with Crippen molar-refractivity contribution in [1.29, 1.82) is 0 Å². The number of hydrogen-bond donors (Lipinski definition) is 0. The Balaban J connectivity index is 2.77. The van der Waals surface area contributed by atoms with Gasteiger partial charge in [0.05, 0.1) is 15.0 Å². The maximum absolute atomic E-state index is 10.8. The van der Waals surface area contributed by atoms with Crippen LogP contribution in [0.15, 0.2) is 12.1 Å². The summed E-state index contributed by atoms with van der Waals surface area (Å²) in [7, 11) is 0. The van der Waals surface area contributed by atoms with Gasteiger partial charge in [-0.15, -0.1) is 0 Å². The number of benzene rings is 1. The van der Waals surface area contributed by atoms with Gasteiger partial charge < -0.3 is 9.47 Å². The minimum absolute atomic E-state index is 0.00721. The zero-order chi connectivity index (χ0) is 13.7. The van der Waals surface area contributed by atoms with Gasteiger partial charge in [-0.2, -0.15) is 0 Å². The van der Waals surface area contributed by atoms with Gasteiger partial charge in [0.25, 0.3) is 0 Å². The van der Waals surface area contributed by atoms with Crippen LogP contribution in [0.1, 0.15) is 6.92 Å². The van der Waals surface area contributed by atoms with Crippen LogP contribution in [0.3, 0.4) is 0 Å². The van der Waals surface area contributed by atoms with Crippen LogP contribution in [0.2, 0.25) is 10.0 Å². The van der Waals surface area contributed by atoms with Gasteiger partial charge in [0.2, 0.25) is 0 Å². The molecule has 1 rings (SSSR count). The number of halogens is 2. The average molecular weight is 294 g/mol. The van der Waals surface area contributed by atoms with Crippen LogP contribution in [0.4, 0.5) is 5.69 Å². The fourth-order valence-corrected chi connectivity index (χ4v) is 1.42. The molecule has 0 amide bonds. The summed E-state index contributed by atoms with van der Waals surface area (Å²) in [6, 6.07) is 2.35. The molecule has 0 aliphatic rings. The van der Waals surface area contributed by atoms with Crippen molar-refractivity contribution >= 4 is 34.9 Å². The Hall–Kier alpha value is -1.53. The molecule has 1 aromatic rings. The van der Waals surface area contributed by atoms with Gasteiger partial charge in [0.1, 0.15) is 13.2 Å². The van der Waals surface area contributed by atoms with Gasteiger partial charge in [0.15, 0.2) is 5.75 Å². The second-order valence-corrected chi connectivity index (χ2v) is 3.99. The lowest BCUT2D eigenvalue weighted by atomic mass is 10.3. The molecule has 0 spiro atoms. The van der Waals surface area contributed by atoms with Crippen molar-refractivity contribution in [2.24, 2.45) is 0 Å². The third-order valence-electron chi connectivity index (χ3n) is 1.84. The Morgan fingerprint density at radius 1 is 1.33 bits per heavy atom. The highest BCUT2D eigenvalue weighted by atomic mass is 35.5. The van der Waals surface area contributed by atoms with Gasteiger partial charge >= 0.3 is 11.7 Å². The summed E-state index contributed by atoms with van der Waals surface area (Å²) in [4.78, 5) is 20.6. The van der Waals surface area contributed by atoms with E-state index in [0.717, 1.165) is 6.07 Å². The van der Waals surface area contributed by atoms with E-state index in [0.29, 0.717) is 0 Å². The van der Waals surface area contributed by atoms with Crippen LogP contribution in [-0.2, 0) is 9.53 Å². The van der Waals surface area contributed by atoms with Gasteiger partial charge in [-0.05, 0) is 0 Å². The summed E-state index contributed by atoms with van der Waals surface area (Å²) in [5, 5.41) is 11.0. The number of hydrogen-bond acceptors (Lipinski definition) is 5. The van der Waals surface area contributed by atoms with Crippen LogP contribution in [0.25, 0.3) is 0 Å². The molecule has 0 saturated carbocycles. The predicted molar refractivity (Wildman–Crippen MR) is 65.2 cm³/mol. The number of esters is 1. The van der Waals surface area contributed by atoms with Gasteiger partial charge in [0, 0.05) is 19.1 Å². The minimum atomic E-state index is -0.636. The second-order valence-electron chi connectivity index (χ2n) is 3.18. The fourth-order valence-electron chi connectivity index (χ4n) is 1.11. The van der Waals surface area contributed by atoms with Crippen LogP contribution >= 0.6 is 23.2 Å². The van der Waals surface area contributed by atoms with E-state index in [9.17, 15) is 14.9 Å². The van der Waals surface area contributed by atoms with Crippen molar-refractivity contribution in [2.45, 2.75) is 6.92 Å². The Bertz CT molecular complexity index is 478. The first-order valence-corrected chi connectivity index (χ1v) is 5.57. The largest absolute Gasteiger partial charge is 0.483 e. The number of carbonyl (C=O) groups excluding carboxylic acids is 1. The van der Waals surface area contributed by atoms with Gasteiger partial charge in [-0.1, -0.05) is 23.2 Å². The summed E-state index contributed by atoms with van der Waals surface area (Å²) in [6.45, 7) is 1.23. The van der Waals surface area contributed by atoms with Crippen molar-refractivity contribution in [2.75, 3.05) is 13.2 Å². The van der Waals surface area contributed by atoms with E-state index in [-0.39, 0.29) is 34.7 Å². The zero-order valence-electron chi connectivity index (χ0n) is 9.31. The van der Waals surface area contributed by atoms with Crippen LogP contribution in [0, 0.1) is 10.1 Å². The van der Waals surface area contributed by atoms with Gasteiger partial charge in [-0.25, -0.2) is 0 Å². The van der Waals surface area contributed by atoms with Gasteiger partial charge in [-0.3, -0.25) is 14.9 Å². The highest BCUT2D eigenvalue weighted by Crippen LogP contribution is 2.35.